The van der Waals surface area contributed by atoms with Crippen molar-refractivity contribution in [3.05, 3.63) is 0 Å². The molecule has 2 rings (SSSR count). The third-order valence-electron chi connectivity index (χ3n) is 4.83. The molecule has 0 amide bonds. The van der Waals surface area contributed by atoms with Crippen molar-refractivity contribution >= 4 is 0 Å². The van der Waals surface area contributed by atoms with Crippen molar-refractivity contribution in [3.63, 3.8) is 0 Å². The van der Waals surface area contributed by atoms with Gasteiger partial charge in [-0.3, -0.25) is 0 Å². The molecule has 1 saturated heterocycles. The molecule has 0 spiro atoms. The van der Waals surface area contributed by atoms with Crippen molar-refractivity contribution in [2.24, 2.45) is 11.3 Å². The van der Waals surface area contributed by atoms with Crippen molar-refractivity contribution in [3.8, 4) is 0 Å². The van der Waals surface area contributed by atoms with E-state index in [1.807, 2.05) is 0 Å². The Hall–Kier alpha value is -0.0800. The number of ether oxygens (including phenoxy) is 1. The highest BCUT2D eigenvalue weighted by Crippen LogP contribution is 2.43. The van der Waals surface area contributed by atoms with E-state index in [2.05, 4.69) is 26.1 Å². The quantitative estimate of drug-likeness (QED) is 0.773. The standard InChI is InChI=1S/C16H31NO/c1-15(2,3)17-12-16(10-11-18-13-16)14-8-6-4-5-7-9-14/h14,17H,4-13H2,1-3H3. The van der Waals surface area contributed by atoms with Crippen molar-refractivity contribution in [1.29, 1.82) is 0 Å². The van der Waals surface area contributed by atoms with E-state index in [-0.39, 0.29) is 5.54 Å². The molecule has 2 nitrogen and oxygen atoms in total. The zero-order valence-corrected chi connectivity index (χ0v) is 12.6. The first-order valence-corrected chi connectivity index (χ1v) is 7.85. The number of nitrogens with one attached hydrogen (secondary N) is 1. The maximum Gasteiger partial charge on any atom is 0.0538 e. The third-order valence-corrected chi connectivity index (χ3v) is 4.83. The summed E-state index contributed by atoms with van der Waals surface area (Å²) in [6, 6.07) is 0. The first kappa shape index (κ1) is 14.3. The Bertz CT molecular complexity index is 242. The fraction of sp³-hybridized carbons (Fsp3) is 1.00. The van der Waals surface area contributed by atoms with Gasteiger partial charge in [0, 0.05) is 24.1 Å². The second-order valence-electron chi connectivity index (χ2n) is 7.46. The van der Waals surface area contributed by atoms with Gasteiger partial charge >= 0.3 is 0 Å². The fourth-order valence-electron chi connectivity index (χ4n) is 3.56. The Morgan fingerprint density at radius 1 is 1.11 bits per heavy atom. The van der Waals surface area contributed by atoms with Crippen LogP contribution in [0, 0.1) is 11.3 Å². The maximum absolute atomic E-state index is 5.78. The zero-order chi connectivity index (χ0) is 13.1. The predicted molar refractivity (Wildman–Crippen MR) is 76.8 cm³/mol. The van der Waals surface area contributed by atoms with Crippen LogP contribution in [0.25, 0.3) is 0 Å². The SMILES string of the molecule is CC(C)(C)NCC1(C2CCCCCC2)CCOC1. The molecule has 2 heteroatoms. The van der Waals surface area contributed by atoms with Crippen molar-refractivity contribution < 1.29 is 4.74 Å². The summed E-state index contributed by atoms with van der Waals surface area (Å²) in [5, 5.41) is 3.74. The summed E-state index contributed by atoms with van der Waals surface area (Å²) in [5.74, 6) is 0.886. The summed E-state index contributed by atoms with van der Waals surface area (Å²) in [5.41, 5.74) is 0.651. The minimum Gasteiger partial charge on any atom is -0.381 e. The molecule has 2 aliphatic rings. The van der Waals surface area contributed by atoms with Gasteiger partial charge in [0.15, 0.2) is 0 Å². The van der Waals surface area contributed by atoms with Crippen LogP contribution in [0.1, 0.15) is 65.7 Å². The van der Waals surface area contributed by atoms with Crippen LogP contribution in [0.4, 0.5) is 0 Å². The first-order chi connectivity index (χ1) is 8.52. The molecule has 0 radical (unpaired) electrons. The molecule has 1 aliphatic heterocycles. The molecule has 1 heterocycles. The summed E-state index contributed by atoms with van der Waals surface area (Å²) in [6.07, 6.45) is 9.87. The average molecular weight is 253 g/mol. The molecule has 2 fully saturated rings. The molecule has 1 unspecified atom stereocenters. The summed E-state index contributed by atoms with van der Waals surface area (Å²) < 4.78 is 5.78. The minimum atomic E-state index is 0.223. The lowest BCUT2D eigenvalue weighted by Gasteiger charge is -2.38. The Kier molecular flexibility index (Phi) is 4.71. The Morgan fingerprint density at radius 3 is 2.28 bits per heavy atom. The first-order valence-electron chi connectivity index (χ1n) is 7.85. The summed E-state index contributed by atoms with van der Waals surface area (Å²) >= 11 is 0. The monoisotopic (exact) mass is 253 g/mol. The molecule has 1 saturated carbocycles. The molecule has 0 bridgehead atoms. The molecule has 1 N–H and O–H groups in total. The molecule has 0 aromatic carbocycles. The van der Waals surface area contributed by atoms with Crippen LogP contribution in [0.3, 0.4) is 0 Å². The van der Waals surface area contributed by atoms with Gasteiger partial charge in [0.25, 0.3) is 0 Å². The highest BCUT2D eigenvalue weighted by Gasteiger charge is 2.42. The highest BCUT2D eigenvalue weighted by atomic mass is 16.5. The number of hydrogen-bond donors (Lipinski definition) is 1. The molecular weight excluding hydrogens is 222 g/mol. The number of rotatable bonds is 3. The topological polar surface area (TPSA) is 21.3 Å². The second kappa shape index (κ2) is 5.92. The lowest BCUT2D eigenvalue weighted by Crippen LogP contribution is -2.47. The second-order valence-corrected chi connectivity index (χ2v) is 7.46. The normalized spacial score (nSPS) is 31.5. The van der Waals surface area contributed by atoms with E-state index < -0.39 is 0 Å². The van der Waals surface area contributed by atoms with E-state index in [0.717, 1.165) is 25.7 Å². The zero-order valence-electron chi connectivity index (χ0n) is 12.6. The fourth-order valence-corrected chi connectivity index (χ4v) is 3.56. The van der Waals surface area contributed by atoms with E-state index in [4.69, 9.17) is 4.74 Å². The maximum atomic E-state index is 5.78. The molecular formula is C16H31NO. The Balaban J connectivity index is 2.00. The molecule has 1 aliphatic carbocycles. The highest BCUT2D eigenvalue weighted by molar-refractivity contribution is 4.93. The lowest BCUT2D eigenvalue weighted by atomic mass is 9.71. The molecule has 106 valence electrons. The third kappa shape index (κ3) is 3.71. The van der Waals surface area contributed by atoms with Crippen LogP contribution in [-0.4, -0.2) is 25.3 Å². The molecule has 18 heavy (non-hydrogen) atoms. The van der Waals surface area contributed by atoms with Gasteiger partial charge in [0.2, 0.25) is 0 Å². The molecule has 0 aromatic heterocycles. The van der Waals surface area contributed by atoms with Gasteiger partial charge in [0.05, 0.1) is 6.61 Å². The van der Waals surface area contributed by atoms with Crippen molar-refractivity contribution in [2.75, 3.05) is 19.8 Å². The van der Waals surface area contributed by atoms with Gasteiger partial charge in [-0.05, 0) is 46.0 Å². The van der Waals surface area contributed by atoms with Crippen LogP contribution >= 0.6 is 0 Å². The van der Waals surface area contributed by atoms with Gasteiger partial charge in [-0.15, -0.1) is 0 Å². The smallest absolute Gasteiger partial charge is 0.0538 e. The van der Waals surface area contributed by atoms with Crippen LogP contribution in [0.5, 0.6) is 0 Å². The van der Waals surface area contributed by atoms with Gasteiger partial charge in [-0.1, -0.05) is 25.7 Å². The van der Waals surface area contributed by atoms with E-state index in [1.54, 1.807) is 0 Å². The van der Waals surface area contributed by atoms with Crippen LogP contribution in [0.2, 0.25) is 0 Å². The van der Waals surface area contributed by atoms with E-state index in [1.165, 1.54) is 44.9 Å². The van der Waals surface area contributed by atoms with Crippen LogP contribution < -0.4 is 5.32 Å². The number of hydrogen-bond acceptors (Lipinski definition) is 2. The summed E-state index contributed by atoms with van der Waals surface area (Å²) in [6.45, 7) is 9.90. The lowest BCUT2D eigenvalue weighted by molar-refractivity contribution is 0.0884. The van der Waals surface area contributed by atoms with Crippen LogP contribution in [0.15, 0.2) is 0 Å². The Labute approximate surface area is 113 Å². The van der Waals surface area contributed by atoms with Gasteiger partial charge in [0.1, 0.15) is 0 Å². The molecule has 0 aromatic rings. The predicted octanol–water partition coefficient (Wildman–Crippen LogP) is 3.75. The average Bonchev–Trinajstić information content (AvgIpc) is 2.61. The largest absolute Gasteiger partial charge is 0.381 e. The van der Waals surface area contributed by atoms with E-state index in [9.17, 15) is 0 Å². The van der Waals surface area contributed by atoms with Gasteiger partial charge in [-0.2, -0.15) is 0 Å². The summed E-state index contributed by atoms with van der Waals surface area (Å²) in [7, 11) is 0. The minimum absolute atomic E-state index is 0.223. The molecule has 1 atom stereocenters. The van der Waals surface area contributed by atoms with E-state index >= 15 is 0 Å². The van der Waals surface area contributed by atoms with Crippen LogP contribution in [-0.2, 0) is 4.74 Å². The summed E-state index contributed by atoms with van der Waals surface area (Å²) in [4.78, 5) is 0. The Morgan fingerprint density at radius 2 is 1.78 bits per heavy atom. The van der Waals surface area contributed by atoms with Crippen molar-refractivity contribution in [2.45, 2.75) is 71.3 Å². The van der Waals surface area contributed by atoms with Gasteiger partial charge < -0.3 is 10.1 Å². The van der Waals surface area contributed by atoms with E-state index in [0.29, 0.717) is 5.41 Å². The van der Waals surface area contributed by atoms with Crippen molar-refractivity contribution in [1.82, 2.24) is 5.32 Å². The van der Waals surface area contributed by atoms with Gasteiger partial charge in [-0.25, -0.2) is 0 Å².